The molecule has 4 heteroatoms. The Bertz CT molecular complexity index is 433. The fraction of sp³-hybridized carbons (Fsp3) is 0.533. The summed E-state index contributed by atoms with van der Waals surface area (Å²) in [6.45, 7) is 4.75. The minimum Gasteiger partial charge on any atom is -0.491 e. The van der Waals surface area contributed by atoms with Gasteiger partial charge in [0.25, 0.3) is 0 Å². The summed E-state index contributed by atoms with van der Waals surface area (Å²) in [7, 11) is 0. The van der Waals surface area contributed by atoms with Crippen LogP contribution in [0, 0.1) is 0 Å². The lowest BCUT2D eigenvalue weighted by atomic mass is 10.0. The van der Waals surface area contributed by atoms with Crippen LogP contribution >= 0.6 is 0 Å². The summed E-state index contributed by atoms with van der Waals surface area (Å²) in [4.78, 5) is 13.5. The first-order valence-corrected chi connectivity index (χ1v) is 6.87. The number of hydrogen-bond acceptors (Lipinski definition) is 3. The van der Waals surface area contributed by atoms with Gasteiger partial charge in [0.05, 0.1) is 0 Å². The molecule has 1 fully saturated rings. The molecule has 0 unspecified atom stereocenters. The summed E-state index contributed by atoms with van der Waals surface area (Å²) in [6, 6.07) is 7.39. The van der Waals surface area contributed by atoms with E-state index in [2.05, 4.69) is 11.8 Å². The quantitative estimate of drug-likeness (QED) is 0.887. The Morgan fingerprint density at radius 3 is 2.95 bits per heavy atom. The molecule has 1 saturated heterocycles. The van der Waals surface area contributed by atoms with Crippen LogP contribution in [0.1, 0.15) is 36.5 Å². The van der Waals surface area contributed by atoms with Gasteiger partial charge < -0.3 is 9.84 Å². The number of nitrogens with zero attached hydrogens (tertiary/aromatic N) is 1. The Kier molecular flexibility index (Phi) is 4.80. The second-order valence-corrected chi connectivity index (χ2v) is 5.03. The first-order chi connectivity index (χ1) is 9.18. The Hall–Kier alpha value is -1.55. The van der Waals surface area contributed by atoms with Crippen molar-refractivity contribution >= 4 is 5.97 Å². The number of carbonyl (C=O) groups is 1. The van der Waals surface area contributed by atoms with Gasteiger partial charge in [-0.15, -0.1) is 0 Å². The zero-order valence-electron chi connectivity index (χ0n) is 11.3. The fourth-order valence-corrected chi connectivity index (χ4v) is 2.53. The zero-order valence-corrected chi connectivity index (χ0v) is 11.3. The van der Waals surface area contributed by atoms with Crippen LogP contribution in [0.25, 0.3) is 0 Å². The van der Waals surface area contributed by atoms with Crippen LogP contribution < -0.4 is 4.74 Å². The van der Waals surface area contributed by atoms with Gasteiger partial charge in [-0.05, 0) is 38.4 Å². The fourth-order valence-electron chi connectivity index (χ4n) is 2.53. The molecule has 4 nitrogen and oxygen atoms in total. The third-order valence-electron chi connectivity index (χ3n) is 3.69. The van der Waals surface area contributed by atoms with Crippen molar-refractivity contribution in [2.24, 2.45) is 0 Å². The average molecular weight is 263 g/mol. The molecule has 2 rings (SSSR count). The third-order valence-corrected chi connectivity index (χ3v) is 3.69. The first-order valence-electron chi connectivity index (χ1n) is 6.87. The molecule has 1 aromatic rings. The van der Waals surface area contributed by atoms with E-state index in [1.807, 2.05) is 0 Å². The molecule has 1 aliphatic heterocycles. The van der Waals surface area contributed by atoms with Gasteiger partial charge in [-0.2, -0.15) is 0 Å². The van der Waals surface area contributed by atoms with Crippen LogP contribution in [0.5, 0.6) is 5.75 Å². The highest BCUT2D eigenvalue weighted by Gasteiger charge is 2.18. The van der Waals surface area contributed by atoms with Crippen molar-refractivity contribution < 1.29 is 14.6 Å². The zero-order chi connectivity index (χ0) is 13.7. The summed E-state index contributed by atoms with van der Waals surface area (Å²) in [6.07, 6.45) is 3.79. The molecule has 1 N–H and O–H groups in total. The summed E-state index contributed by atoms with van der Waals surface area (Å²) in [5.41, 5.74) is 0.231. The number of para-hydroxylation sites is 1. The van der Waals surface area contributed by atoms with Gasteiger partial charge in [0, 0.05) is 12.6 Å². The number of benzene rings is 1. The van der Waals surface area contributed by atoms with Crippen molar-refractivity contribution in [2.45, 2.75) is 32.2 Å². The van der Waals surface area contributed by atoms with Crippen LogP contribution in [0.15, 0.2) is 24.3 Å². The van der Waals surface area contributed by atoms with E-state index >= 15 is 0 Å². The van der Waals surface area contributed by atoms with E-state index in [1.165, 1.54) is 19.3 Å². The molecular formula is C15H21NO3. The molecule has 0 aliphatic carbocycles. The van der Waals surface area contributed by atoms with Gasteiger partial charge in [0.15, 0.2) is 0 Å². The number of carboxylic acids is 1. The van der Waals surface area contributed by atoms with Crippen molar-refractivity contribution in [1.29, 1.82) is 0 Å². The van der Waals surface area contributed by atoms with Crippen LogP contribution in [0.3, 0.4) is 0 Å². The molecule has 0 radical (unpaired) electrons. The normalized spacial score (nSPS) is 20.2. The van der Waals surface area contributed by atoms with Crippen molar-refractivity contribution in [3.8, 4) is 5.75 Å². The van der Waals surface area contributed by atoms with Gasteiger partial charge in [-0.3, -0.25) is 4.90 Å². The SMILES string of the molecule is C[C@H]1CCCCN1CCOc1ccccc1C(=O)O. The number of likely N-dealkylation sites (tertiary alicyclic amines) is 1. The van der Waals surface area contributed by atoms with Gasteiger partial charge in [0.2, 0.25) is 0 Å². The van der Waals surface area contributed by atoms with Gasteiger partial charge in [0.1, 0.15) is 17.9 Å². The highest BCUT2D eigenvalue weighted by Crippen LogP contribution is 2.19. The monoisotopic (exact) mass is 263 g/mol. The van der Waals surface area contributed by atoms with E-state index in [1.54, 1.807) is 24.3 Å². The van der Waals surface area contributed by atoms with E-state index in [4.69, 9.17) is 9.84 Å². The number of hydrogen-bond donors (Lipinski definition) is 1. The largest absolute Gasteiger partial charge is 0.491 e. The van der Waals surface area contributed by atoms with Crippen LogP contribution in [-0.2, 0) is 0 Å². The summed E-state index contributed by atoms with van der Waals surface area (Å²) >= 11 is 0. The maximum Gasteiger partial charge on any atom is 0.339 e. The summed E-state index contributed by atoms with van der Waals surface area (Å²) < 4.78 is 5.63. The molecule has 0 amide bonds. The molecular weight excluding hydrogens is 242 g/mol. The number of carboxylic acid groups (broad SMARTS) is 1. The Morgan fingerprint density at radius 2 is 2.21 bits per heavy atom. The Morgan fingerprint density at radius 1 is 1.42 bits per heavy atom. The van der Waals surface area contributed by atoms with Gasteiger partial charge in [-0.1, -0.05) is 18.6 Å². The van der Waals surface area contributed by atoms with Crippen molar-refractivity contribution in [3.63, 3.8) is 0 Å². The minimum absolute atomic E-state index is 0.231. The number of rotatable bonds is 5. The highest BCUT2D eigenvalue weighted by atomic mass is 16.5. The smallest absolute Gasteiger partial charge is 0.339 e. The summed E-state index contributed by atoms with van der Waals surface area (Å²) in [5.74, 6) is -0.485. The number of piperidine rings is 1. The van der Waals surface area contributed by atoms with Crippen molar-refractivity contribution in [2.75, 3.05) is 19.7 Å². The molecule has 0 spiro atoms. The van der Waals surface area contributed by atoms with E-state index in [-0.39, 0.29) is 5.56 Å². The number of ether oxygens (including phenoxy) is 1. The van der Waals surface area contributed by atoms with Crippen LogP contribution in [0.4, 0.5) is 0 Å². The summed E-state index contributed by atoms with van der Waals surface area (Å²) in [5, 5.41) is 9.07. The average Bonchev–Trinajstić information content (AvgIpc) is 2.41. The second-order valence-electron chi connectivity index (χ2n) is 5.03. The maximum absolute atomic E-state index is 11.0. The Balaban J connectivity index is 1.87. The second kappa shape index (κ2) is 6.57. The van der Waals surface area contributed by atoms with Crippen LogP contribution in [-0.4, -0.2) is 41.7 Å². The molecule has 104 valence electrons. The first kappa shape index (κ1) is 13.9. The van der Waals surface area contributed by atoms with Crippen molar-refractivity contribution in [1.82, 2.24) is 4.90 Å². The minimum atomic E-state index is -0.943. The van der Waals surface area contributed by atoms with Gasteiger partial charge in [-0.25, -0.2) is 4.79 Å². The van der Waals surface area contributed by atoms with Crippen LogP contribution in [0.2, 0.25) is 0 Å². The predicted octanol–water partition coefficient (Wildman–Crippen LogP) is 2.64. The molecule has 1 aromatic carbocycles. The lowest BCUT2D eigenvalue weighted by molar-refractivity contribution is 0.0690. The predicted molar refractivity (Wildman–Crippen MR) is 73.8 cm³/mol. The number of aromatic carboxylic acids is 1. The molecule has 0 bridgehead atoms. The lowest BCUT2D eigenvalue weighted by Gasteiger charge is -2.33. The molecule has 1 aliphatic rings. The van der Waals surface area contributed by atoms with Crippen molar-refractivity contribution in [3.05, 3.63) is 29.8 Å². The van der Waals surface area contributed by atoms with Gasteiger partial charge >= 0.3 is 5.97 Å². The topological polar surface area (TPSA) is 49.8 Å². The van der Waals surface area contributed by atoms with E-state index in [0.29, 0.717) is 18.4 Å². The molecule has 1 heterocycles. The molecule has 19 heavy (non-hydrogen) atoms. The highest BCUT2D eigenvalue weighted by molar-refractivity contribution is 5.90. The maximum atomic E-state index is 11.0. The molecule has 0 saturated carbocycles. The molecule has 1 atom stereocenters. The van der Waals surface area contributed by atoms with E-state index < -0.39 is 5.97 Å². The lowest BCUT2D eigenvalue weighted by Crippen LogP contribution is -2.39. The Labute approximate surface area is 114 Å². The van der Waals surface area contributed by atoms with E-state index in [0.717, 1.165) is 13.1 Å². The molecule has 0 aromatic heterocycles. The van der Waals surface area contributed by atoms with E-state index in [9.17, 15) is 4.79 Å². The third kappa shape index (κ3) is 3.70. The standard InChI is InChI=1S/C15H21NO3/c1-12-6-4-5-9-16(12)10-11-19-14-8-3-2-7-13(14)15(17)18/h2-3,7-8,12H,4-6,9-11H2,1H3,(H,17,18)/t12-/m0/s1.